The minimum absolute atomic E-state index is 0.592. The maximum atomic E-state index is 5.96. The van der Waals surface area contributed by atoms with Crippen molar-refractivity contribution in [2.45, 2.75) is 6.54 Å². The molecule has 0 atom stereocenters. The fourth-order valence-corrected chi connectivity index (χ4v) is 2.41. The molecule has 0 aliphatic rings. The Morgan fingerprint density at radius 2 is 1.94 bits per heavy atom. The highest BCUT2D eigenvalue weighted by Crippen LogP contribution is 2.23. The largest absolute Gasteiger partial charge is 0.314 e. The van der Waals surface area contributed by atoms with Crippen molar-refractivity contribution >= 4 is 39.1 Å². The second-order valence-corrected chi connectivity index (χ2v) is 5.25. The van der Waals surface area contributed by atoms with E-state index in [0.717, 1.165) is 15.9 Å². The van der Waals surface area contributed by atoms with Crippen LogP contribution in [-0.4, -0.2) is 16.8 Å². The topological polar surface area (TPSA) is 29.9 Å². The lowest BCUT2D eigenvalue weighted by Gasteiger charge is -2.02. The summed E-state index contributed by atoms with van der Waals surface area (Å²) in [6.45, 7) is 0.696. The lowest BCUT2D eigenvalue weighted by Crippen LogP contribution is -2.06. The minimum atomic E-state index is 0.592. The van der Waals surface area contributed by atoms with E-state index in [1.54, 1.807) is 10.7 Å². The van der Waals surface area contributed by atoms with Crippen molar-refractivity contribution in [2.75, 3.05) is 7.05 Å². The zero-order valence-corrected chi connectivity index (χ0v) is 12.1. The molecular formula is C11H10BrCl2N3. The predicted molar refractivity (Wildman–Crippen MR) is 74.0 cm³/mol. The average Bonchev–Trinajstić information content (AvgIpc) is 2.60. The van der Waals surface area contributed by atoms with Crippen LogP contribution in [0.1, 0.15) is 5.69 Å². The van der Waals surface area contributed by atoms with Crippen LogP contribution < -0.4 is 5.32 Å². The SMILES string of the molecule is CNCc1nn(-c2cc(Cl)cc(Cl)c2)cc1Br. The van der Waals surface area contributed by atoms with Gasteiger partial charge >= 0.3 is 0 Å². The van der Waals surface area contributed by atoms with Crippen molar-refractivity contribution in [1.82, 2.24) is 15.1 Å². The van der Waals surface area contributed by atoms with Gasteiger partial charge in [0.25, 0.3) is 0 Å². The van der Waals surface area contributed by atoms with Crippen molar-refractivity contribution in [3.8, 4) is 5.69 Å². The van der Waals surface area contributed by atoms with Crippen LogP contribution in [0.4, 0.5) is 0 Å². The number of rotatable bonds is 3. The van der Waals surface area contributed by atoms with E-state index in [1.807, 2.05) is 25.4 Å². The molecule has 0 saturated carbocycles. The quantitative estimate of drug-likeness (QED) is 0.928. The summed E-state index contributed by atoms with van der Waals surface area (Å²) in [5.41, 5.74) is 1.77. The van der Waals surface area contributed by atoms with E-state index >= 15 is 0 Å². The Morgan fingerprint density at radius 1 is 1.29 bits per heavy atom. The molecule has 1 N–H and O–H groups in total. The second-order valence-electron chi connectivity index (χ2n) is 3.53. The lowest BCUT2D eigenvalue weighted by atomic mass is 10.3. The Hall–Kier alpha value is -0.550. The van der Waals surface area contributed by atoms with Gasteiger partial charge in [-0.2, -0.15) is 5.10 Å². The van der Waals surface area contributed by atoms with Gasteiger partial charge in [-0.05, 0) is 41.2 Å². The highest BCUT2D eigenvalue weighted by molar-refractivity contribution is 9.10. The van der Waals surface area contributed by atoms with Gasteiger partial charge in [-0.1, -0.05) is 23.2 Å². The van der Waals surface area contributed by atoms with Gasteiger partial charge in [0.2, 0.25) is 0 Å². The summed E-state index contributed by atoms with van der Waals surface area (Å²) in [4.78, 5) is 0. The van der Waals surface area contributed by atoms with Crippen LogP contribution in [-0.2, 0) is 6.54 Å². The molecule has 0 spiro atoms. The highest BCUT2D eigenvalue weighted by atomic mass is 79.9. The van der Waals surface area contributed by atoms with E-state index in [9.17, 15) is 0 Å². The van der Waals surface area contributed by atoms with Gasteiger partial charge < -0.3 is 5.32 Å². The summed E-state index contributed by atoms with van der Waals surface area (Å²) in [5, 5.41) is 8.68. The molecule has 6 heteroatoms. The van der Waals surface area contributed by atoms with Gasteiger partial charge in [-0.25, -0.2) is 4.68 Å². The third-order valence-corrected chi connectivity index (χ3v) is 3.29. The summed E-state index contributed by atoms with van der Waals surface area (Å²) < 4.78 is 2.69. The number of halogens is 3. The molecule has 0 saturated heterocycles. The van der Waals surface area contributed by atoms with Gasteiger partial charge in [0.15, 0.2) is 0 Å². The smallest absolute Gasteiger partial charge is 0.0908 e. The monoisotopic (exact) mass is 333 g/mol. The molecule has 17 heavy (non-hydrogen) atoms. The maximum absolute atomic E-state index is 5.96. The summed E-state index contributed by atoms with van der Waals surface area (Å²) in [6.07, 6.45) is 1.88. The molecule has 0 radical (unpaired) electrons. The Bertz CT molecular complexity index is 519. The van der Waals surface area contributed by atoms with Crippen molar-refractivity contribution in [3.05, 3.63) is 44.6 Å². The molecule has 2 aromatic rings. The van der Waals surface area contributed by atoms with Gasteiger partial charge in [-0.15, -0.1) is 0 Å². The zero-order chi connectivity index (χ0) is 12.4. The van der Waals surface area contributed by atoms with E-state index in [2.05, 4.69) is 26.3 Å². The molecule has 1 aromatic heterocycles. The molecule has 3 nitrogen and oxygen atoms in total. The summed E-state index contributed by atoms with van der Waals surface area (Å²) in [7, 11) is 1.88. The van der Waals surface area contributed by atoms with E-state index in [1.165, 1.54) is 0 Å². The second kappa shape index (κ2) is 5.40. The van der Waals surface area contributed by atoms with E-state index in [4.69, 9.17) is 23.2 Å². The summed E-state index contributed by atoms with van der Waals surface area (Å²) in [6, 6.07) is 5.33. The molecular weight excluding hydrogens is 325 g/mol. The first-order chi connectivity index (χ1) is 8.10. The van der Waals surface area contributed by atoms with Crippen LogP contribution in [0.5, 0.6) is 0 Å². The van der Waals surface area contributed by atoms with Crippen molar-refractivity contribution < 1.29 is 0 Å². The lowest BCUT2D eigenvalue weighted by molar-refractivity contribution is 0.755. The fourth-order valence-electron chi connectivity index (χ4n) is 1.48. The maximum Gasteiger partial charge on any atom is 0.0908 e. The first-order valence-electron chi connectivity index (χ1n) is 4.95. The Morgan fingerprint density at radius 3 is 2.53 bits per heavy atom. The van der Waals surface area contributed by atoms with Crippen molar-refractivity contribution in [3.63, 3.8) is 0 Å². The highest BCUT2D eigenvalue weighted by Gasteiger charge is 2.08. The molecule has 1 aromatic carbocycles. The predicted octanol–water partition coefficient (Wildman–Crippen LogP) is 3.66. The molecule has 0 fully saturated rings. The van der Waals surface area contributed by atoms with E-state index in [-0.39, 0.29) is 0 Å². The third kappa shape index (κ3) is 3.01. The Balaban J connectivity index is 2.42. The molecule has 90 valence electrons. The van der Waals surface area contributed by atoms with Crippen LogP contribution in [0.3, 0.4) is 0 Å². The Kier molecular flexibility index (Phi) is 4.09. The molecule has 0 aliphatic heterocycles. The molecule has 0 unspecified atom stereocenters. The number of benzene rings is 1. The number of aromatic nitrogens is 2. The first-order valence-corrected chi connectivity index (χ1v) is 6.50. The number of hydrogen-bond acceptors (Lipinski definition) is 2. The number of hydrogen-bond donors (Lipinski definition) is 1. The third-order valence-electron chi connectivity index (χ3n) is 2.20. The number of nitrogens with zero attached hydrogens (tertiary/aromatic N) is 2. The van der Waals surface area contributed by atoms with Gasteiger partial charge in [-0.3, -0.25) is 0 Å². The molecule has 0 amide bonds. The zero-order valence-electron chi connectivity index (χ0n) is 9.04. The van der Waals surface area contributed by atoms with E-state index in [0.29, 0.717) is 16.6 Å². The normalized spacial score (nSPS) is 10.8. The standard InChI is InChI=1S/C11H10BrCl2N3/c1-15-5-11-10(12)6-17(16-11)9-3-7(13)2-8(14)4-9/h2-4,6,15H,5H2,1H3. The van der Waals surface area contributed by atoms with E-state index < -0.39 is 0 Å². The van der Waals surface area contributed by atoms with Crippen LogP contribution in [0.25, 0.3) is 5.69 Å². The minimum Gasteiger partial charge on any atom is -0.314 e. The molecule has 0 bridgehead atoms. The van der Waals surface area contributed by atoms with Crippen molar-refractivity contribution in [1.29, 1.82) is 0 Å². The van der Waals surface area contributed by atoms with Crippen molar-refractivity contribution in [2.24, 2.45) is 0 Å². The van der Waals surface area contributed by atoms with Gasteiger partial charge in [0, 0.05) is 22.8 Å². The van der Waals surface area contributed by atoms with Gasteiger partial charge in [0.05, 0.1) is 15.9 Å². The average molecular weight is 335 g/mol. The first kappa shape index (κ1) is 12.9. The fraction of sp³-hybridized carbons (Fsp3) is 0.182. The summed E-state index contributed by atoms with van der Waals surface area (Å²) in [5.74, 6) is 0. The molecule has 0 aliphatic carbocycles. The summed E-state index contributed by atoms with van der Waals surface area (Å²) >= 11 is 15.4. The van der Waals surface area contributed by atoms with Crippen LogP contribution in [0.15, 0.2) is 28.9 Å². The number of nitrogens with one attached hydrogen (secondary N) is 1. The van der Waals surface area contributed by atoms with Gasteiger partial charge in [0.1, 0.15) is 0 Å². The van der Waals surface area contributed by atoms with Crippen LogP contribution in [0, 0.1) is 0 Å². The van der Waals surface area contributed by atoms with Crippen LogP contribution >= 0.6 is 39.1 Å². The van der Waals surface area contributed by atoms with Crippen LogP contribution in [0.2, 0.25) is 10.0 Å². The molecule has 1 heterocycles. The molecule has 2 rings (SSSR count). The Labute approximate surface area is 118 Å².